The zero-order chi connectivity index (χ0) is 74.1. The van der Waals surface area contributed by atoms with Gasteiger partial charge >= 0.3 is 39.5 Å². The third-order valence-electron chi connectivity index (χ3n) is 19.3. The van der Waals surface area contributed by atoms with Crippen molar-refractivity contribution in [1.29, 1.82) is 0 Å². The zero-order valence-corrected chi connectivity index (χ0v) is 67.8. The van der Waals surface area contributed by atoms with Crippen LogP contribution < -0.4 is 0 Å². The Hall–Kier alpha value is -1.94. The second kappa shape index (κ2) is 74.9. The molecule has 0 aliphatic rings. The minimum absolute atomic E-state index is 0.107. The quantitative estimate of drug-likeness (QED) is 0.0222. The number of hydrogen-bond acceptors (Lipinski definition) is 15. The van der Waals surface area contributed by atoms with Crippen molar-refractivity contribution in [2.24, 2.45) is 5.92 Å². The second-order valence-electron chi connectivity index (χ2n) is 30.0. The molecule has 0 aromatic heterocycles. The number of ether oxygens (including phenoxy) is 4. The van der Waals surface area contributed by atoms with E-state index in [0.717, 1.165) is 95.8 Å². The molecule has 0 aromatic carbocycles. The van der Waals surface area contributed by atoms with Crippen LogP contribution in [0.15, 0.2) is 0 Å². The van der Waals surface area contributed by atoms with Gasteiger partial charge in [0.25, 0.3) is 0 Å². The van der Waals surface area contributed by atoms with Crippen molar-refractivity contribution >= 4 is 39.5 Å². The second-order valence-corrected chi connectivity index (χ2v) is 32.9. The van der Waals surface area contributed by atoms with Crippen molar-refractivity contribution < 1.29 is 80.2 Å². The molecule has 19 heteroatoms. The largest absolute Gasteiger partial charge is 0.472 e. The van der Waals surface area contributed by atoms with Gasteiger partial charge in [0.05, 0.1) is 26.4 Å². The molecule has 0 fully saturated rings. The summed E-state index contributed by atoms with van der Waals surface area (Å²) in [6.07, 6.45) is 66.6. The maximum absolute atomic E-state index is 13.1. The standard InChI is InChI=1S/C82H160O17P2/c1-6-9-12-15-18-21-24-26-28-30-31-33-35-37-42-47-52-57-62-67-81(86)99-78(72-93-80(85)66-61-56-51-46-41-36-34-32-29-27-25-22-19-16-13-10-7-2)74-97-101(90,91)95-70-76(83)69-94-100(88,89)96-73-77(71-92-79(84)65-60-55-50-45-23-20-17-14-11-8-3)98-82(87)68-63-58-53-48-43-39-38-40-44-49-54-59-64-75(4)5/h75-78,83H,6-74H2,1-5H3,(H,88,89)(H,90,91)/t76-,77+,78+/m0/s1. The van der Waals surface area contributed by atoms with Gasteiger partial charge in [-0.1, -0.05) is 388 Å². The smallest absolute Gasteiger partial charge is 0.462 e. The summed E-state index contributed by atoms with van der Waals surface area (Å²) in [7, 11) is -9.92. The molecular weight excluding hydrogens is 1320 g/mol. The van der Waals surface area contributed by atoms with Gasteiger partial charge in [0.15, 0.2) is 12.2 Å². The van der Waals surface area contributed by atoms with E-state index in [1.807, 2.05) is 0 Å². The molecule has 3 N–H and O–H groups in total. The zero-order valence-electron chi connectivity index (χ0n) is 66.1. The number of aliphatic hydroxyl groups is 1. The lowest BCUT2D eigenvalue weighted by atomic mass is 10.0. The fourth-order valence-corrected chi connectivity index (χ4v) is 14.3. The molecule has 2 unspecified atom stereocenters. The maximum atomic E-state index is 13.1. The number of hydrogen-bond donors (Lipinski definition) is 3. The maximum Gasteiger partial charge on any atom is 0.472 e. The molecule has 0 heterocycles. The topological polar surface area (TPSA) is 237 Å². The Morgan fingerprint density at radius 1 is 0.267 bits per heavy atom. The number of esters is 4. The Labute approximate surface area is 619 Å². The summed E-state index contributed by atoms with van der Waals surface area (Å²) in [6.45, 7) is 7.34. The van der Waals surface area contributed by atoms with Crippen LogP contribution >= 0.6 is 15.6 Å². The third-order valence-corrected chi connectivity index (χ3v) is 21.2. The van der Waals surface area contributed by atoms with E-state index in [-0.39, 0.29) is 25.7 Å². The first-order valence-corrected chi connectivity index (χ1v) is 45.6. The van der Waals surface area contributed by atoms with Crippen LogP contribution in [-0.4, -0.2) is 96.7 Å². The average molecular weight is 1480 g/mol. The van der Waals surface area contributed by atoms with Crippen LogP contribution in [0.4, 0.5) is 0 Å². The summed E-state index contributed by atoms with van der Waals surface area (Å²) in [5.41, 5.74) is 0. The van der Waals surface area contributed by atoms with Gasteiger partial charge in [-0.05, 0) is 31.6 Å². The van der Waals surface area contributed by atoms with E-state index in [2.05, 4.69) is 34.6 Å². The SMILES string of the molecule is CCCCCCCCCCCCCCCCCCCCCC(=O)O[C@H](COC(=O)CCCCCCCCCCCCCCCCCCC)COP(=O)(O)OC[C@@H](O)COP(=O)(O)OC[C@@H](COC(=O)CCCCCCCCCCCC)OC(=O)CCCCCCCCCCCCCCC(C)C. The van der Waals surface area contributed by atoms with Crippen LogP contribution in [0.25, 0.3) is 0 Å². The highest BCUT2D eigenvalue weighted by molar-refractivity contribution is 7.47. The lowest BCUT2D eigenvalue weighted by molar-refractivity contribution is -0.161. The van der Waals surface area contributed by atoms with Crippen LogP contribution in [0.1, 0.15) is 439 Å². The highest BCUT2D eigenvalue weighted by Crippen LogP contribution is 2.45. The molecular formula is C82H160O17P2. The van der Waals surface area contributed by atoms with E-state index in [4.69, 9.17) is 37.0 Å². The van der Waals surface area contributed by atoms with Crippen molar-refractivity contribution in [3.8, 4) is 0 Å². The molecule has 0 aliphatic heterocycles. The fraction of sp³-hybridized carbons (Fsp3) is 0.951. The molecule has 0 aliphatic carbocycles. The van der Waals surface area contributed by atoms with Gasteiger partial charge in [-0.3, -0.25) is 37.3 Å². The fourth-order valence-electron chi connectivity index (χ4n) is 12.8. The number of aliphatic hydroxyl groups excluding tert-OH is 1. The molecule has 0 saturated carbocycles. The predicted molar refractivity (Wildman–Crippen MR) is 414 cm³/mol. The summed E-state index contributed by atoms with van der Waals surface area (Å²) in [4.78, 5) is 73.1. The molecule has 0 spiro atoms. The molecule has 600 valence electrons. The van der Waals surface area contributed by atoms with E-state index in [9.17, 15) is 43.2 Å². The molecule has 0 saturated heterocycles. The minimum Gasteiger partial charge on any atom is -0.462 e. The Morgan fingerprint density at radius 3 is 0.673 bits per heavy atom. The normalized spacial score (nSPS) is 13.8. The van der Waals surface area contributed by atoms with Crippen LogP contribution in [0, 0.1) is 5.92 Å². The first-order chi connectivity index (χ1) is 49.0. The monoisotopic (exact) mass is 1480 g/mol. The van der Waals surface area contributed by atoms with Crippen molar-refractivity contribution in [3.63, 3.8) is 0 Å². The van der Waals surface area contributed by atoms with Crippen LogP contribution in [0.2, 0.25) is 0 Å². The van der Waals surface area contributed by atoms with Gasteiger partial charge in [0.1, 0.15) is 19.3 Å². The molecule has 0 bridgehead atoms. The summed E-state index contributed by atoms with van der Waals surface area (Å²) < 4.78 is 68.8. The van der Waals surface area contributed by atoms with E-state index in [1.54, 1.807) is 0 Å². The molecule has 5 atom stereocenters. The average Bonchev–Trinajstić information content (AvgIpc) is 1.04. The van der Waals surface area contributed by atoms with Crippen LogP contribution in [0.3, 0.4) is 0 Å². The predicted octanol–water partition coefficient (Wildman–Crippen LogP) is 24.8. The summed E-state index contributed by atoms with van der Waals surface area (Å²) in [5, 5.41) is 10.6. The van der Waals surface area contributed by atoms with Gasteiger partial charge in [0, 0.05) is 25.7 Å². The van der Waals surface area contributed by atoms with Crippen molar-refractivity contribution in [3.05, 3.63) is 0 Å². The van der Waals surface area contributed by atoms with Gasteiger partial charge in [-0.15, -0.1) is 0 Å². The number of carbonyl (C=O) groups excluding carboxylic acids is 4. The Morgan fingerprint density at radius 2 is 0.455 bits per heavy atom. The van der Waals surface area contributed by atoms with Gasteiger partial charge in [-0.25, -0.2) is 9.13 Å². The highest BCUT2D eigenvalue weighted by atomic mass is 31.2. The lowest BCUT2D eigenvalue weighted by Gasteiger charge is -2.21. The molecule has 17 nitrogen and oxygen atoms in total. The van der Waals surface area contributed by atoms with Crippen molar-refractivity contribution in [1.82, 2.24) is 0 Å². The van der Waals surface area contributed by atoms with Crippen LogP contribution in [0.5, 0.6) is 0 Å². The van der Waals surface area contributed by atoms with E-state index < -0.39 is 97.5 Å². The van der Waals surface area contributed by atoms with Crippen LogP contribution in [-0.2, 0) is 65.4 Å². The molecule has 0 rings (SSSR count). The number of unbranched alkanes of at least 4 members (excludes halogenated alkanes) is 54. The Kier molecular flexibility index (Phi) is 73.5. The molecule has 0 aromatic rings. The lowest BCUT2D eigenvalue weighted by Crippen LogP contribution is -2.30. The number of phosphoric ester groups is 2. The number of rotatable bonds is 82. The number of phosphoric acid groups is 2. The first-order valence-electron chi connectivity index (χ1n) is 42.6. The number of carbonyl (C=O) groups is 4. The Bertz CT molecular complexity index is 1930. The van der Waals surface area contributed by atoms with Gasteiger partial charge < -0.3 is 33.8 Å². The van der Waals surface area contributed by atoms with E-state index >= 15 is 0 Å². The highest BCUT2D eigenvalue weighted by Gasteiger charge is 2.30. The van der Waals surface area contributed by atoms with Gasteiger partial charge in [-0.2, -0.15) is 0 Å². The minimum atomic E-state index is -4.96. The van der Waals surface area contributed by atoms with E-state index in [0.29, 0.717) is 25.7 Å². The first kappa shape index (κ1) is 99.1. The van der Waals surface area contributed by atoms with Crippen molar-refractivity contribution in [2.45, 2.75) is 457 Å². The van der Waals surface area contributed by atoms with Crippen molar-refractivity contribution in [2.75, 3.05) is 39.6 Å². The molecule has 0 amide bonds. The molecule has 101 heavy (non-hydrogen) atoms. The van der Waals surface area contributed by atoms with E-state index in [1.165, 1.54) is 263 Å². The summed E-state index contributed by atoms with van der Waals surface area (Å²) in [6, 6.07) is 0. The molecule has 0 radical (unpaired) electrons. The van der Waals surface area contributed by atoms with Gasteiger partial charge in [0.2, 0.25) is 0 Å². The summed E-state index contributed by atoms with van der Waals surface area (Å²) in [5.74, 6) is -1.33. The summed E-state index contributed by atoms with van der Waals surface area (Å²) >= 11 is 0. The third kappa shape index (κ3) is 76.1. The Balaban J connectivity index is 5.23.